The molecule has 2 atom stereocenters. The lowest BCUT2D eigenvalue weighted by Gasteiger charge is -2.16. The second kappa shape index (κ2) is 4.44. The van der Waals surface area contributed by atoms with E-state index >= 15 is 0 Å². The highest BCUT2D eigenvalue weighted by Gasteiger charge is 2.22. The number of hydrogen-bond acceptors (Lipinski definition) is 3. The molecule has 1 aliphatic heterocycles. The first kappa shape index (κ1) is 9.50. The molecule has 1 fully saturated rings. The fourth-order valence-corrected chi connectivity index (χ4v) is 1.58. The molecule has 0 amide bonds. The number of nitriles is 1. The molecule has 0 aromatic carbocycles. The zero-order chi connectivity index (χ0) is 8.97. The van der Waals surface area contributed by atoms with Crippen molar-refractivity contribution in [3.05, 3.63) is 0 Å². The van der Waals surface area contributed by atoms with Gasteiger partial charge in [-0.15, -0.1) is 0 Å². The Hall–Kier alpha value is -0.590. The zero-order valence-electron chi connectivity index (χ0n) is 7.79. The van der Waals surface area contributed by atoms with E-state index in [0.717, 1.165) is 26.1 Å². The van der Waals surface area contributed by atoms with Crippen LogP contribution >= 0.6 is 0 Å². The molecule has 0 radical (unpaired) electrons. The Bertz CT molecular complexity index is 176. The Labute approximate surface area is 73.9 Å². The first-order valence-corrected chi connectivity index (χ1v) is 4.41. The average Bonchev–Trinajstić information content (AvgIpc) is 2.52. The molecule has 2 unspecified atom stereocenters. The number of methoxy groups -OCH3 is 1. The number of likely N-dealkylation sites (tertiary alicyclic amines) is 1. The fraction of sp³-hybridized carbons (Fsp3) is 0.889. The van der Waals surface area contributed by atoms with Crippen molar-refractivity contribution < 1.29 is 4.74 Å². The van der Waals surface area contributed by atoms with E-state index in [1.54, 1.807) is 7.11 Å². The summed E-state index contributed by atoms with van der Waals surface area (Å²) in [5.74, 6) is 0.139. The quantitative estimate of drug-likeness (QED) is 0.627. The van der Waals surface area contributed by atoms with E-state index < -0.39 is 0 Å². The lowest BCUT2D eigenvalue weighted by atomic mass is 10.2. The van der Waals surface area contributed by atoms with Gasteiger partial charge in [0.15, 0.2) is 0 Å². The molecule has 1 heterocycles. The summed E-state index contributed by atoms with van der Waals surface area (Å²) in [4.78, 5) is 2.29. The first-order chi connectivity index (χ1) is 5.76. The molecule has 0 aromatic rings. The van der Waals surface area contributed by atoms with Crippen LogP contribution in [0.3, 0.4) is 0 Å². The van der Waals surface area contributed by atoms with Crippen molar-refractivity contribution in [1.82, 2.24) is 4.90 Å². The summed E-state index contributed by atoms with van der Waals surface area (Å²) >= 11 is 0. The van der Waals surface area contributed by atoms with Gasteiger partial charge in [0, 0.05) is 26.7 Å². The van der Waals surface area contributed by atoms with Gasteiger partial charge in [-0.3, -0.25) is 4.90 Å². The maximum absolute atomic E-state index is 8.61. The van der Waals surface area contributed by atoms with E-state index in [2.05, 4.69) is 11.0 Å². The van der Waals surface area contributed by atoms with Crippen LogP contribution in [0.4, 0.5) is 0 Å². The normalized spacial score (nSPS) is 26.9. The average molecular weight is 168 g/mol. The molecular formula is C9H16N2O. The fourth-order valence-electron chi connectivity index (χ4n) is 1.58. The van der Waals surface area contributed by atoms with Crippen LogP contribution in [0.25, 0.3) is 0 Å². The van der Waals surface area contributed by atoms with Gasteiger partial charge in [0.2, 0.25) is 0 Å². The molecule has 68 valence electrons. The Balaban J connectivity index is 2.24. The highest BCUT2D eigenvalue weighted by Crippen LogP contribution is 2.12. The molecule has 3 nitrogen and oxygen atoms in total. The van der Waals surface area contributed by atoms with Crippen molar-refractivity contribution in [3.8, 4) is 6.07 Å². The molecular weight excluding hydrogens is 152 g/mol. The van der Waals surface area contributed by atoms with Crippen molar-refractivity contribution in [1.29, 1.82) is 5.26 Å². The molecule has 1 aliphatic rings. The van der Waals surface area contributed by atoms with Crippen LogP contribution in [-0.2, 0) is 4.74 Å². The van der Waals surface area contributed by atoms with E-state index in [1.807, 2.05) is 6.92 Å². The smallest absolute Gasteiger partial charge is 0.0710 e. The van der Waals surface area contributed by atoms with Crippen LogP contribution in [0.1, 0.15) is 13.3 Å². The Morgan fingerprint density at radius 2 is 2.50 bits per heavy atom. The predicted octanol–water partition coefficient (Wildman–Crippen LogP) is 0.867. The van der Waals surface area contributed by atoms with Gasteiger partial charge in [0.05, 0.1) is 18.1 Å². The van der Waals surface area contributed by atoms with Gasteiger partial charge in [0.1, 0.15) is 0 Å². The summed E-state index contributed by atoms with van der Waals surface area (Å²) in [7, 11) is 1.75. The van der Waals surface area contributed by atoms with Crippen molar-refractivity contribution in [2.45, 2.75) is 19.4 Å². The largest absolute Gasteiger partial charge is 0.380 e. The minimum atomic E-state index is 0.139. The van der Waals surface area contributed by atoms with Gasteiger partial charge >= 0.3 is 0 Å². The Morgan fingerprint density at radius 3 is 3.00 bits per heavy atom. The lowest BCUT2D eigenvalue weighted by Crippen LogP contribution is -2.27. The van der Waals surface area contributed by atoms with Crippen molar-refractivity contribution >= 4 is 0 Å². The van der Waals surface area contributed by atoms with E-state index in [4.69, 9.17) is 10.00 Å². The maximum atomic E-state index is 8.61. The number of hydrogen-bond donors (Lipinski definition) is 0. The standard InChI is InChI=1S/C9H16N2O/c1-8(5-10)6-11-4-3-9(7-11)12-2/h8-9H,3-4,6-7H2,1-2H3. The summed E-state index contributed by atoms with van der Waals surface area (Å²) in [5.41, 5.74) is 0. The third-order valence-electron chi connectivity index (χ3n) is 2.31. The SMILES string of the molecule is COC1CCN(CC(C)C#N)C1. The van der Waals surface area contributed by atoms with Crippen molar-refractivity contribution in [3.63, 3.8) is 0 Å². The zero-order valence-corrected chi connectivity index (χ0v) is 7.79. The van der Waals surface area contributed by atoms with Crippen LogP contribution in [0.2, 0.25) is 0 Å². The number of nitrogens with zero attached hydrogens (tertiary/aromatic N) is 2. The Morgan fingerprint density at radius 1 is 1.75 bits per heavy atom. The van der Waals surface area contributed by atoms with Gasteiger partial charge in [-0.1, -0.05) is 0 Å². The highest BCUT2D eigenvalue weighted by molar-refractivity contribution is 4.84. The van der Waals surface area contributed by atoms with Gasteiger partial charge in [-0.2, -0.15) is 5.26 Å². The summed E-state index contributed by atoms with van der Waals surface area (Å²) < 4.78 is 5.23. The summed E-state index contributed by atoms with van der Waals surface area (Å²) in [5, 5.41) is 8.61. The molecule has 1 saturated heterocycles. The topological polar surface area (TPSA) is 36.3 Å². The summed E-state index contributed by atoms with van der Waals surface area (Å²) in [6.45, 7) is 4.91. The van der Waals surface area contributed by atoms with Gasteiger partial charge < -0.3 is 4.74 Å². The molecule has 3 heteroatoms. The predicted molar refractivity (Wildman–Crippen MR) is 46.6 cm³/mol. The summed E-state index contributed by atoms with van der Waals surface area (Å²) in [6.07, 6.45) is 1.49. The molecule has 0 N–H and O–H groups in total. The second-order valence-corrected chi connectivity index (χ2v) is 3.44. The van der Waals surface area contributed by atoms with Gasteiger partial charge in [-0.05, 0) is 13.3 Å². The van der Waals surface area contributed by atoms with E-state index in [9.17, 15) is 0 Å². The molecule has 1 rings (SSSR count). The molecule has 0 aliphatic carbocycles. The van der Waals surface area contributed by atoms with Crippen molar-refractivity contribution in [2.24, 2.45) is 5.92 Å². The molecule has 0 spiro atoms. The Kier molecular flexibility index (Phi) is 3.51. The number of rotatable bonds is 3. The van der Waals surface area contributed by atoms with Gasteiger partial charge in [0.25, 0.3) is 0 Å². The third-order valence-corrected chi connectivity index (χ3v) is 2.31. The van der Waals surface area contributed by atoms with Crippen molar-refractivity contribution in [2.75, 3.05) is 26.7 Å². The lowest BCUT2D eigenvalue weighted by molar-refractivity contribution is 0.107. The second-order valence-electron chi connectivity index (χ2n) is 3.44. The highest BCUT2D eigenvalue weighted by atomic mass is 16.5. The molecule has 0 aromatic heterocycles. The van der Waals surface area contributed by atoms with Crippen LogP contribution < -0.4 is 0 Å². The minimum Gasteiger partial charge on any atom is -0.380 e. The van der Waals surface area contributed by atoms with Crippen LogP contribution in [-0.4, -0.2) is 37.7 Å². The third kappa shape index (κ3) is 2.47. The van der Waals surface area contributed by atoms with Crippen LogP contribution in [0.5, 0.6) is 0 Å². The summed E-state index contributed by atoms with van der Waals surface area (Å²) in [6, 6.07) is 2.24. The molecule has 0 saturated carbocycles. The van der Waals surface area contributed by atoms with E-state index in [0.29, 0.717) is 6.10 Å². The molecule has 12 heavy (non-hydrogen) atoms. The minimum absolute atomic E-state index is 0.139. The van der Waals surface area contributed by atoms with Crippen LogP contribution in [0.15, 0.2) is 0 Å². The van der Waals surface area contributed by atoms with Gasteiger partial charge in [-0.25, -0.2) is 0 Å². The first-order valence-electron chi connectivity index (χ1n) is 4.41. The molecule has 0 bridgehead atoms. The van der Waals surface area contributed by atoms with Crippen LogP contribution in [0, 0.1) is 17.2 Å². The van der Waals surface area contributed by atoms with E-state index in [-0.39, 0.29) is 5.92 Å². The van der Waals surface area contributed by atoms with E-state index in [1.165, 1.54) is 0 Å². The number of ether oxygens (including phenoxy) is 1. The monoisotopic (exact) mass is 168 g/mol. The maximum Gasteiger partial charge on any atom is 0.0710 e.